The number of carbonyl (C=O) groups is 1. The molecule has 2 heterocycles. The van der Waals surface area contributed by atoms with E-state index >= 15 is 0 Å². The predicted molar refractivity (Wildman–Crippen MR) is 48.3 cm³/mol. The van der Waals surface area contributed by atoms with Crippen molar-refractivity contribution in [3.63, 3.8) is 0 Å². The molecule has 0 bridgehead atoms. The molecular formula is C7H14ClN3O. The molecule has 2 amide bonds. The normalized spacial score (nSPS) is 32.8. The van der Waals surface area contributed by atoms with Crippen LogP contribution in [0.1, 0.15) is 6.42 Å². The zero-order valence-corrected chi connectivity index (χ0v) is 7.64. The van der Waals surface area contributed by atoms with Gasteiger partial charge in [-0.3, -0.25) is 0 Å². The molecule has 0 saturated carbocycles. The van der Waals surface area contributed by atoms with Crippen molar-refractivity contribution in [3.8, 4) is 0 Å². The summed E-state index contributed by atoms with van der Waals surface area (Å²) in [7, 11) is 0. The van der Waals surface area contributed by atoms with Crippen molar-refractivity contribution in [1.29, 1.82) is 0 Å². The number of fused-ring (bicyclic) bond motifs is 1. The first-order chi connectivity index (χ1) is 5.27. The minimum absolute atomic E-state index is 0. The van der Waals surface area contributed by atoms with Gasteiger partial charge in [0.2, 0.25) is 0 Å². The van der Waals surface area contributed by atoms with Crippen LogP contribution in [0.2, 0.25) is 0 Å². The van der Waals surface area contributed by atoms with E-state index in [-0.39, 0.29) is 18.4 Å². The van der Waals surface area contributed by atoms with Crippen molar-refractivity contribution in [1.82, 2.24) is 10.2 Å². The third kappa shape index (κ3) is 1.49. The summed E-state index contributed by atoms with van der Waals surface area (Å²) in [6.45, 7) is 2.76. The van der Waals surface area contributed by atoms with Crippen molar-refractivity contribution in [2.24, 2.45) is 11.7 Å². The van der Waals surface area contributed by atoms with Gasteiger partial charge in [-0.2, -0.15) is 0 Å². The quantitative estimate of drug-likeness (QED) is 0.556. The average Bonchev–Trinajstić information content (AvgIpc) is 2.40. The summed E-state index contributed by atoms with van der Waals surface area (Å²) in [6, 6.07) is 0.240. The van der Waals surface area contributed by atoms with E-state index in [0.717, 1.165) is 19.6 Å². The lowest BCUT2D eigenvalue weighted by molar-refractivity contribution is 0.215. The number of rotatable bonds is 0. The van der Waals surface area contributed by atoms with Gasteiger partial charge in [0.25, 0.3) is 0 Å². The SMILES string of the molecule is Cl.NC(=O)N1C[C@H]2CCN[C@H]2C1. The first-order valence-corrected chi connectivity index (χ1v) is 4.05. The number of nitrogens with zero attached hydrogens (tertiary/aromatic N) is 1. The van der Waals surface area contributed by atoms with E-state index in [1.54, 1.807) is 4.90 Å². The molecule has 2 aliphatic rings. The van der Waals surface area contributed by atoms with Gasteiger partial charge in [0.15, 0.2) is 0 Å². The van der Waals surface area contributed by atoms with E-state index in [0.29, 0.717) is 12.0 Å². The average molecular weight is 192 g/mol. The van der Waals surface area contributed by atoms with Crippen LogP contribution in [-0.4, -0.2) is 36.6 Å². The second kappa shape index (κ2) is 3.49. The lowest BCUT2D eigenvalue weighted by atomic mass is 10.1. The van der Waals surface area contributed by atoms with E-state index in [1.807, 2.05) is 0 Å². The van der Waals surface area contributed by atoms with E-state index in [9.17, 15) is 4.79 Å². The van der Waals surface area contributed by atoms with Crippen LogP contribution in [-0.2, 0) is 0 Å². The number of urea groups is 1. The summed E-state index contributed by atoms with van der Waals surface area (Å²) in [4.78, 5) is 12.5. The van der Waals surface area contributed by atoms with Gasteiger partial charge in [0.1, 0.15) is 0 Å². The second-order valence-electron chi connectivity index (χ2n) is 3.35. The fourth-order valence-corrected chi connectivity index (χ4v) is 2.03. The van der Waals surface area contributed by atoms with Crippen LogP contribution in [0.15, 0.2) is 0 Å². The fourth-order valence-electron chi connectivity index (χ4n) is 2.03. The van der Waals surface area contributed by atoms with Crippen LogP contribution in [0.5, 0.6) is 0 Å². The largest absolute Gasteiger partial charge is 0.351 e. The Bertz CT molecular complexity index is 175. The van der Waals surface area contributed by atoms with Crippen LogP contribution in [0, 0.1) is 5.92 Å². The molecule has 2 fully saturated rings. The molecule has 2 atom stereocenters. The van der Waals surface area contributed by atoms with Gasteiger partial charge in [0, 0.05) is 19.1 Å². The van der Waals surface area contributed by atoms with Crippen LogP contribution >= 0.6 is 12.4 Å². The predicted octanol–water partition coefficient (Wildman–Crippen LogP) is -0.219. The van der Waals surface area contributed by atoms with Crippen LogP contribution in [0.3, 0.4) is 0 Å². The minimum atomic E-state index is -0.277. The molecule has 12 heavy (non-hydrogen) atoms. The van der Waals surface area contributed by atoms with E-state index in [2.05, 4.69) is 5.32 Å². The molecule has 0 aromatic carbocycles. The minimum Gasteiger partial charge on any atom is -0.351 e. The molecule has 2 aliphatic heterocycles. The number of nitrogens with one attached hydrogen (secondary N) is 1. The van der Waals surface area contributed by atoms with E-state index in [1.165, 1.54) is 6.42 Å². The standard InChI is InChI=1S/C7H13N3O.ClH/c8-7(11)10-3-5-1-2-9-6(5)4-10;/h5-6,9H,1-4H2,(H2,8,11);1H/t5-,6+;/m1./s1. The second-order valence-corrected chi connectivity index (χ2v) is 3.35. The Kier molecular flexibility index (Phi) is 2.80. The van der Waals surface area contributed by atoms with E-state index in [4.69, 9.17) is 5.73 Å². The van der Waals surface area contributed by atoms with Crippen molar-refractivity contribution >= 4 is 18.4 Å². The lowest BCUT2D eigenvalue weighted by Gasteiger charge is -2.13. The molecule has 2 rings (SSSR count). The van der Waals surface area contributed by atoms with Gasteiger partial charge in [-0.05, 0) is 18.9 Å². The number of amides is 2. The van der Waals surface area contributed by atoms with Gasteiger partial charge in [0.05, 0.1) is 0 Å². The van der Waals surface area contributed by atoms with Gasteiger partial charge in [-0.15, -0.1) is 12.4 Å². The molecule has 2 saturated heterocycles. The highest BCUT2D eigenvalue weighted by molar-refractivity contribution is 5.85. The maximum absolute atomic E-state index is 10.8. The van der Waals surface area contributed by atoms with Gasteiger partial charge < -0.3 is 16.0 Å². The Balaban J connectivity index is 0.000000720. The molecule has 0 radical (unpaired) electrons. The zero-order chi connectivity index (χ0) is 7.84. The van der Waals surface area contributed by atoms with Crippen molar-refractivity contribution < 1.29 is 4.79 Å². The highest BCUT2D eigenvalue weighted by atomic mass is 35.5. The summed E-state index contributed by atoms with van der Waals surface area (Å²) in [5.41, 5.74) is 5.16. The molecule has 0 spiro atoms. The summed E-state index contributed by atoms with van der Waals surface area (Å²) in [5, 5.41) is 3.35. The van der Waals surface area contributed by atoms with Gasteiger partial charge >= 0.3 is 6.03 Å². The fraction of sp³-hybridized carbons (Fsp3) is 0.857. The van der Waals surface area contributed by atoms with Crippen LogP contribution < -0.4 is 11.1 Å². The number of nitrogens with two attached hydrogens (primary N) is 1. The number of primary amides is 1. The zero-order valence-electron chi connectivity index (χ0n) is 6.82. The molecule has 4 nitrogen and oxygen atoms in total. The number of carbonyl (C=O) groups excluding carboxylic acids is 1. The van der Waals surface area contributed by atoms with Crippen LogP contribution in [0.25, 0.3) is 0 Å². The molecular weight excluding hydrogens is 178 g/mol. The molecule has 0 aromatic rings. The van der Waals surface area contributed by atoms with Gasteiger partial charge in [-0.1, -0.05) is 0 Å². The van der Waals surface area contributed by atoms with Crippen molar-refractivity contribution in [2.45, 2.75) is 12.5 Å². The lowest BCUT2D eigenvalue weighted by Crippen LogP contribution is -2.37. The Morgan fingerprint density at radius 2 is 2.25 bits per heavy atom. The summed E-state index contributed by atoms with van der Waals surface area (Å²) in [6.07, 6.45) is 1.19. The third-order valence-corrected chi connectivity index (χ3v) is 2.67. The smallest absolute Gasteiger partial charge is 0.314 e. The highest BCUT2D eigenvalue weighted by Gasteiger charge is 2.36. The number of halogens is 1. The summed E-state index contributed by atoms with van der Waals surface area (Å²) in [5.74, 6) is 0.655. The monoisotopic (exact) mass is 191 g/mol. The highest BCUT2D eigenvalue weighted by Crippen LogP contribution is 2.23. The number of hydrogen-bond donors (Lipinski definition) is 2. The van der Waals surface area contributed by atoms with E-state index < -0.39 is 0 Å². The third-order valence-electron chi connectivity index (χ3n) is 2.67. The topological polar surface area (TPSA) is 58.4 Å². The molecule has 3 N–H and O–H groups in total. The Hall–Kier alpha value is -0.480. The Morgan fingerprint density at radius 3 is 2.83 bits per heavy atom. The molecule has 5 heteroatoms. The van der Waals surface area contributed by atoms with Crippen molar-refractivity contribution in [2.75, 3.05) is 19.6 Å². The first-order valence-electron chi connectivity index (χ1n) is 4.05. The Labute approximate surface area is 77.9 Å². The summed E-state index contributed by atoms with van der Waals surface area (Å²) < 4.78 is 0. The first kappa shape index (κ1) is 9.61. The maximum Gasteiger partial charge on any atom is 0.314 e. The Morgan fingerprint density at radius 1 is 1.50 bits per heavy atom. The number of hydrogen-bond acceptors (Lipinski definition) is 2. The molecule has 0 aromatic heterocycles. The summed E-state index contributed by atoms with van der Waals surface area (Å²) >= 11 is 0. The number of likely N-dealkylation sites (tertiary alicyclic amines) is 1. The molecule has 0 unspecified atom stereocenters. The van der Waals surface area contributed by atoms with Gasteiger partial charge in [-0.25, -0.2) is 4.79 Å². The molecule has 70 valence electrons. The maximum atomic E-state index is 10.8. The van der Waals surface area contributed by atoms with Crippen molar-refractivity contribution in [3.05, 3.63) is 0 Å². The van der Waals surface area contributed by atoms with Crippen LogP contribution in [0.4, 0.5) is 4.79 Å². The molecule has 0 aliphatic carbocycles.